The molecule has 0 bridgehead atoms. The molecular weight excluding hydrogens is 252 g/mol. The van der Waals surface area contributed by atoms with E-state index >= 15 is 0 Å². The van der Waals surface area contributed by atoms with Crippen LogP contribution in [0.5, 0.6) is 0 Å². The summed E-state index contributed by atoms with van der Waals surface area (Å²) in [7, 11) is 0. The van der Waals surface area contributed by atoms with E-state index in [2.05, 4.69) is 31.1 Å². The Labute approximate surface area is 122 Å². The van der Waals surface area contributed by atoms with Crippen LogP contribution in [0.2, 0.25) is 0 Å². The quantitative estimate of drug-likeness (QED) is 0.729. The van der Waals surface area contributed by atoms with Crippen LogP contribution in [0.15, 0.2) is 18.3 Å². The lowest BCUT2D eigenvalue weighted by Gasteiger charge is -2.18. The van der Waals surface area contributed by atoms with Crippen molar-refractivity contribution >= 4 is 0 Å². The summed E-state index contributed by atoms with van der Waals surface area (Å²) in [5.74, 6) is 0.618. The van der Waals surface area contributed by atoms with Crippen molar-refractivity contribution in [2.75, 3.05) is 13.2 Å². The minimum absolute atomic E-state index is 0.197. The highest BCUT2D eigenvalue weighted by Gasteiger charge is 2.09. The van der Waals surface area contributed by atoms with Gasteiger partial charge in [0.1, 0.15) is 0 Å². The summed E-state index contributed by atoms with van der Waals surface area (Å²) in [6, 6.07) is 3.97. The number of aryl methyl sites for hydroxylation is 1. The molecule has 4 nitrogen and oxygen atoms in total. The van der Waals surface area contributed by atoms with Crippen LogP contribution in [-0.4, -0.2) is 35.5 Å². The number of nitrogens with one attached hydrogen (secondary N) is 1. The second kappa shape index (κ2) is 9.06. The minimum atomic E-state index is -0.478. The average molecular weight is 280 g/mol. The van der Waals surface area contributed by atoms with Gasteiger partial charge in [-0.05, 0) is 37.8 Å². The number of aliphatic hydroxyl groups is 1. The van der Waals surface area contributed by atoms with Crippen molar-refractivity contribution in [3.63, 3.8) is 0 Å². The van der Waals surface area contributed by atoms with Crippen molar-refractivity contribution in [2.24, 2.45) is 5.92 Å². The van der Waals surface area contributed by atoms with Crippen LogP contribution in [0, 0.1) is 12.8 Å². The van der Waals surface area contributed by atoms with Crippen LogP contribution in [0.4, 0.5) is 0 Å². The molecule has 0 saturated carbocycles. The van der Waals surface area contributed by atoms with Gasteiger partial charge in [-0.15, -0.1) is 0 Å². The molecule has 0 radical (unpaired) electrons. The molecular formula is C16H28N2O2. The van der Waals surface area contributed by atoms with Crippen LogP contribution < -0.4 is 5.32 Å². The maximum atomic E-state index is 9.87. The number of nitrogens with zero attached hydrogens (tertiary/aromatic N) is 1. The molecule has 1 aromatic heterocycles. The fraction of sp³-hybridized carbons (Fsp3) is 0.688. The molecule has 1 heterocycles. The second-order valence-corrected chi connectivity index (χ2v) is 5.83. The number of hydrogen-bond donors (Lipinski definition) is 2. The summed E-state index contributed by atoms with van der Waals surface area (Å²) in [6.07, 6.45) is 2.53. The van der Waals surface area contributed by atoms with Crippen LogP contribution in [0.25, 0.3) is 0 Å². The molecule has 4 heteroatoms. The number of ether oxygens (including phenoxy) is 1. The van der Waals surface area contributed by atoms with Gasteiger partial charge in [0, 0.05) is 19.3 Å². The second-order valence-electron chi connectivity index (χ2n) is 5.83. The van der Waals surface area contributed by atoms with Gasteiger partial charge in [-0.25, -0.2) is 0 Å². The van der Waals surface area contributed by atoms with Crippen molar-refractivity contribution in [1.82, 2.24) is 10.3 Å². The van der Waals surface area contributed by atoms with Gasteiger partial charge < -0.3 is 15.2 Å². The monoisotopic (exact) mass is 280 g/mol. The fourth-order valence-corrected chi connectivity index (χ4v) is 2.13. The molecule has 114 valence electrons. The van der Waals surface area contributed by atoms with Gasteiger partial charge in [0.2, 0.25) is 0 Å². The number of aliphatic hydroxyl groups excluding tert-OH is 1. The Kier molecular flexibility index (Phi) is 7.73. The lowest BCUT2D eigenvalue weighted by molar-refractivity contribution is -0.00859. The Bertz CT molecular complexity index is 382. The Morgan fingerprint density at radius 3 is 2.75 bits per heavy atom. The van der Waals surface area contributed by atoms with Crippen molar-refractivity contribution in [3.8, 4) is 0 Å². The molecule has 0 spiro atoms. The Morgan fingerprint density at radius 2 is 2.10 bits per heavy atom. The highest BCUT2D eigenvalue weighted by molar-refractivity contribution is 5.17. The van der Waals surface area contributed by atoms with E-state index in [9.17, 15) is 5.11 Å². The molecule has 0 amide bonds. The van der Waals surface area contributed by atoms with Crippen LogP contribution in [0.3, 0.4) is 0 Å². The summed E-state index contributed by atoms with van der Waals surface area (Å²) >= 11 is 0. The number of aromatic nitrogens is 1. The molecule has 0 fully saturated rings. The largest absolute Gasteiger partial charge is 0.389 e. The van der Waals surface area contributed by atoms with E-state index in [-0.39, 0.29) is 6.10 Å². The van der Waals surface area contributed by atoms with Gasteiger partial charge >= 0.3 is 0 Å². The first-order valence-electron chi connectivity index (χ1n) is 7.40. The normalized spacial score (nSPS) is 14.5. The predicted molar refractivity (Wildman–Crippen MR) is 81.6 cm³/mol. The standard InChI is InChI=1S/C16H28N2O2/c1-12(2)8-14(4)20-11-15(19)9-17-10-16-13(3)6-5-7-18-16/h5-7,12,14-15,17,19H,8-11H2,1-4H3. The maximum Gasteiger partial charge on any atom is 0.0897 e. The topological polar surface area (TPSA) is 54.4 Å². The third-order valence-electron chi connectivity index (χ3n) is 3.17. The zero-order chi connectivity index (χ0) is 15.0. The molecule has 0 aliphatic rings. The summed E-state index contributed by atoms with van der Waals surface area (Å²) in [6.45, 7) is 10.0. The van der Waals surface area contributed by atoms with E-state index in [4.69, 9.17) is 4.74 Å². The van der Waals surface area contributed by atoms with E-state index in [1.165, 1.54) is 0 Å². The lowest BCUT2D eigenvalue weighted by Crippen LogP contribution is -2.31. The van der Waals surface area contributed by atoms with Gasteiger partial charge in [0.05, 0.1) is 24.5 Å². The van der Waals surface area contributed by atoms with E-state index in [0.717, 1.165) is 17.7 Å². The van der Waals surface area contributed by atoms with Gasteiger partial charge in [0.15, 0.2) is 0 Å². The fourth-order valence-electron chi connectivity index (χ4n) is 2.13. The minimum Gasteiger partial charge on any atom is -0.389 e. The average Bonchev–Trinajstić information content (AvgIpc) is 2.38. The first kappa shape index (κ1) is 17.1. The van der Waals surface area contributed by atoms with Crippen LogP contribution in [-0.2, 0) is 11.3 Å². The summed E-state index contributed by atoms with van der Waals surface area (Å²) < 4.78 is 5.64. The smallest absolute Gasteiger partial charge is 0.0897 e. The molecule has 1 rings (SSSR count). The first-order chi connectivity index (χ1) is 9.49. The number of hydrogen-bond acceptors (Lipinski definition) is 4. The summed E-state index contributed by atoms with van der Waals surface area (Å²) in [4.78, 5) is 4.31. The van der Waals surface area contributed by atoms with Crippen molar-refractivity contribution < 1.29 is 9.84 Å². The lowest BCUT2D eigenvalue weighted by atomic mass is 10.1. The molecule has 0 aliphatic carbocycles. The third-order valence-corrected chi connectivity index (χ3v) is 3.17. The van der Waals surface area contributed by atoms with Crippen LogP contribution in [0.1, 0.15) is 38.4 Å². The molecule has 0 saturated heterocycles. The summed E-state index contributed by atoms with van der Waals surface area (Å²) in [5.41, 5.74) is 2.19. The van der Waals surface area contributed by atoms with Gasteiger partial charge in [0.25, 0.3) is 0 Å². The van der Waals surface area contributed by atoms with E-state index in [0.29, 0.717) is 25.6 Å². The highest BCUT2D eigenvalue weighted by Crippen LogP contribution is 2.07. The number of pyridine rings is 1. The van der Waals surface area contributed by atoms with Crippen molar-refractivity contribution in [3.05, 3.63) is 29.6 Å². The van der Waals surface area contributed by atoms with E-state index in [1.807, 2.05) is 19.1 Å². The zero-order valence-electron chi connectivity index (χ0n) is 13.1. The molecule has 0 aliphatic heterocycles. The molecule has 2 unspecified atom stereocenters. The Balaban J connectivity index is 2.17. The predicted octanol–water partition coefficient (Wildman–Crippen LogP) is 2.29. The van der Waals surface area contributed by atoms with Gasteiger partial charge in [-0.2, -0.15) is 0 Å². The van der Waals surface area contributed by atoms with E-state index < -0.39 is 6.10 Å². The highest BCUT2D eigenvalue weighted by atomic mass is 16.5. The summed E-state index contributed by atoms with van der Waals surface area (Å²) in [5, 5.41) is 13.1. The van der Waals surface area contributed by atoms with E-state index in [1.54, 1.807) is 6.20 Å². The number of rotatable bonds is 9. The Hall–Kier alpha value is -0.970. The van der Waals surface area contributed by atoms with Gasteiger partial charge in [-0.3, -0.25) is 4.98 Å². The third kappa shape index (κ3) is 6.98. The molecule has 1 aromatic rings. The van der Waals surface area contributed by atoms with Crippen LogP contribution >= 0.6 is 0 Å². The first-order valence-corrected chi connectivity index (χ1v) is 7.40. The molecule has 2 N–H and O–H groups in total. The Morgan fingerprint density at radius 1 is 1.35 bits per heavy atom. The zero-order valence-corrected chi connectivity index (χ0v) is 13.1. The molecule has 0 aromatic carbocycles. The molecule has 2 atom stereocenters. The SMILES string of the molecule is Cc1cccnc1CNCC(O)COC(C)CC(C)C. The van der Waals surface area contributed by atoms with Crippen molar-refractivity contribution in [2.45, 2.75) is 52.9 Å². The van der Waals surface area contributed by atoms with Gasteiger partial charge in [-0.1, -0.05) is 19.9 Å². The maximum absolute atomic E-state index is 9.87. The molecule has 20 heavy (non-hydrogen) atoms. The van der Waals surface area contributed by atoms with Crippen molar-refractivity contribution in [1.29, 1.82) is 0 Å².